The van der Waals surface area contributed by atoms with Crippen LogP contribution in [0.1, 0.15) is 97.6 Å². The first kappa shape index (κ1) is 48.0. The van der Waals surface area contributed by atoms with Gasteiger partial charge in [0.25, 0.3) is 0 Å². The summed E-state index contributed by atoms with van der Waals surface area (Å²) in [6.45, 7) is 8.20. The van der Waals surface area contributed by atoms with Crippen molar-refractivity contribution in [3.8, 4) is 0 Å². The van der Waals surface area contributed by atoms with E-state index in [1.165, 1.54) is 75.3 Å². The molecule has 0 heterocycles. The number of hydrogen-bond donors (Lipinski definition) is 4. The number of carbonyl (C=O) groups is 2. The van der Waals surface area contributed by atoms with E-state index in [4.69, 9.17) is 9.47 Å². The molecule has 0 fully saturated rings. The third kappa shape index (κ3) is 17.6. The molecule has 0 atom stereocenters. The van der Waals surface area contributed by atoms with E-state index in [-0.39, 0.29) is 13.2 Å². The second-order valence-corrected chi connectivity index (χ2v) is 16.9. The van der Waals surface area contributed by atoms with E-state index in [9.17, 15) is 9.59 Å². The maximum atomic E-state index is 12.6. The number of carbonyl (C=O) groups excluding carboxylic acids is 2. The predicted molar refractivity (Wildman–Crippen MR) is 267 cm³/mol. The van der Waals surface area contributed by atoms with Crippen LogP contribution in [0.25, 0.3) is 0 Å². The Morgan fingerprint density at radius 1 is 0.415 bits per heavy atom. The molecule has 4 N–H and O–H groups in total. The lowest BCUT2D eigenvalue weighted by molar-refractivity contribution is 0.154. The van der Waals surface area contributed by atoms with Gasteiger partial charge in [-0.3, -0.25) is 10.6 Å². The molecule has 0 aliphatic rings. The minimum Gasteiger partial charge on any atom is -0.444 e. The Morgan fingerprint density at radius 2 is 0.785 bits per heavy atom. The quantitative estimate of drug-likeness (QED) is 0.0402. The first-order valence-electron chi connectivity index (χ1n) is 23.4. The minimum absolute atomic E-state index is 0.209. The zero-order chi connectivity index (χ0) is 45.3. The number of rotatable bonds is 26. The van der Waals surface area contributed by atoms with E-state index in [0.717, 1.165) is 71.2 Å². The fraction of sp³-hybridized carbons (Fsp3) is 0.321. The van der Waals surface area contributed by atoms with Gasteiger partial charge in [-0.25, -0.2) is 9.59 Å². The molecule has 0 aliphatic carbocycles. The van der Waals surface area contributed by atoms with E-state index in [2.05, 4.69) is 80.8 Å². The standard InChI is InChI=1S/C56H67N5O4/c1-44-37-45(2)39-51(38-44)60-56(63)65-43-49-29-25-47(26-30-49)41-58-36-18-10-8-6-4-3-5-7-9-17-35-57-40-46-23-27-48(28-24-46)42-64-55(62)59-50-31-33-54(34-32-50)61(52-19-13-11-14-20-52)53-21-15-12-16-22-53/h11-16,19-34,37-39,57-58H,3-10,17-18,35-36,40-43H2,1-2H3,(H,59,62)(H,60,63). The maximum Gasteiger partial charge on any atom is 0.411 e. The van der Waals surface area contributed by atoms with E-state index in [1.807, 2.05) is 111 Å². The van der Waals surface area contributed by atoms with Crippen molar-refractivity contribution in [3.63, 3.8) is 0 Å². The summed E-state index contributed by atoms with van der Waals surface area (Å²) >= 11 is 0. The SMILES string of the molecule is Cc1cc(C)cc(NC(=O)OCc2ccc(CNCCCCCCCCCCCCNCc3ccc(COC(=O)Nc4ccc(N(c5ccccc5)c5ccccc5)cc4)cc3)cc2)c1. The minimum atomic E-state index is -0.482. The van der Waals surface area contributed by atoms with Crippen LogP contribution in [0.5, 0.6) is 0 Å². The molecule has 0 spiro atoms. The fourth-order valence-corrected chi connectivity index (χ4v) is 7.83. The third-order valence-corrected chi connectivity index (χ3v) is 11.3. The first-order valence-corrected chi connectivity index (χ1v) is 23.4. The topological polar surface area (TPSA) is 104 Å². The first-order chi connectivity index (χ1) is 31.9. The molecule has 6 aromatic rings. The lowest BCUT2D eigenvalue weighted by Crippen LogP contribution is -2.15. The van der Waals surface area contributed by atoms with Crippen molar-refractivity contribution in [2.75, 3.05) is 28.6 Å². The third-order valence-electron chi connectivity index (χ3n) is 11.3. The highest BCUT2D eigenvalue weighted by Crippen LogP contribution is 2.34. The molecule has 2 amide bonds. The number of amides is 2. The van der Waals surface area contributed by atoms with Crippen molar-refractivity contribution < 1.29 is 19.1 Å². The van der Waals surface area contributed by atoms with E-state index in [0.29, 0.717) is 5.69 Å². The number of nitrogens with zero attached hydrogens (tertiary/aromatic N) is 1. The van der Waals surface area contributed by atoms with Crippen molar-refractivity contribution >= 4 is 40.6 Å². The summed E-state index contributed by atoms with van der Waals surface area (Å²) in [6.07, 6.45) is 11.9. The van der Waals surface area contributed by atoms with Crippen molar-refractivity contribution in [2.24, 2.45) is 0 Å². The highest BCUT2D eigenvalue weighted by molar-refractivity contribution is 5.86. The van der Waals surface area contributed by atoms with Crippen molar-refractivity contribution in [1.29, 1.82) is 0 Å². The number of nitrogens with one attached hydrogen (secondary N) is 4. The van der Waals surface area contributed by atoms with Crippen molar-refractivity contribution in [1.82, 2.24) is 10.6 Å². The Labute approximate surface area is 387 Å². The van der Waals surface area contributed by atoms with Gasteiger partial charge in [-0.15, -0.1) is 0 Å². The molecule has 9 nitrogen and oxygen atoms in total. The number of anilines is 5. The smallest absolute Gasteiger partial charge is 0.411 e. The van der Waals surface area contributed by atoms with Gasteiger partial charge >= 0.3 is 12.2 Å². The summed E-state index contributed by atoms with van der Waals surface area (Å²) in [6, 6.07) is 50.7. The molecule has 9 heteroatoms. The molecule has 6 rings (SSSR count). The normalized spacial score (nSPS) is 10.9. The zero-order valence-electron chi connectivity index (χ0n) is 38.3. The molecule has 0 radical (unpaired) electrons. The van der Waals surface area contributed by atoms with Gasteiger partial charge in [0.05, 0.1) is 0 Å². The summed E-state index contributed by atoms with van der Waals surface area (Å²) in [5.41, 5.74) is 11.1. The molecule has 0 bridgehead atoms. The number of unbranched alkanes of at least 4 members (excludes halogenated alkanes) is 9. The largest absolute Gasteiger partial charge is 0.444 e. The van der Waals surface area contributed by atoms with Crippen LogP contribution >= 0.6 is 0 Å². The Bertz CT molecular complexity index is 2230. The number of benzene rings is 6. The van der Waals surface area contributed by atoms with Crippen molar-refractivity contribution in [3.05, 3.63) is 185 Å². The van der Waals surface area contributed by atoms with Gasteiger partial charge < -0.3 is 25.0 Å². The molecule has 0 saturated carbocycles. The van der Waals surface area contributed by atoms with Crippen molar-refractivity contribution in [2.45, 2.75) is 104 Å². The van der Waals surface area contributed by atoms with Crippen LogP contribution in [-0.4, -0.2) is 25.3 Å². The summed E-state index contributed by atoms with van der Waals surface area (Å²) in [5, 5.41) is 12.8. The van der Waals surface area contributed by atoms with Gasteiger partial charge in [-0.2, -0.15) is 0 Å². The zero-order valence-corrected chi connectivity index (χ0v) is 38.3. The van der Waals surface area contributed by atoms with Gasteiger partial charge in [-0.1, -0.05) is 142 Å². The van der Waals surface area contributed by atoms with E-state index in [1.54, 1.807) is 0 Å². The average molecular weight is 874 g/mol. The summed E-state index contributed by atoms with van der Waals surface area (Å²) in [4.78, 5) is 27.0. The fourth-order valence-electron chi connectivity index (χ4n) is 7.83. The molecule has 0 saturated heterocycles. The molecular weight excluding hydrogens is 807 g/mol. The molecule has 0 unspecified atom stereocenters. The molecule has 0 aromatic heterocycles. The average Bonchev–Trinajstić information content (AvgIpc) is 3.32. The number of aryl methyl sites for hydroxylation is 2. The van der Waals surface area contributed by atoms with Gasteiger partial charge in [-0.05, 0) is 134 Å². The second kappa shape index (κ2) is 27.0. The molecule has 65 heavy (non-hydrogen) atoms. The summed E-state index contributed by atoms with van der Waals surface area (Å²) in [5.74, 6) is 0. The molecule has 6 aromatic carbocycles. The van der Waals surface area contributed by atoms with Gasteiger partial charge in [0.2, 0.25) is 0 Å². The van der Waals surface area contributed by atoms with E-state index >= 15 is 0 Å². The van der Waals surface area contributed by atoms with Gasteiger partial charge in [0.15, 0.2) is 0 Å². The number of ether oxygens (including phenoxy) is 2. The monoisotopic (exact) mass is 874 g/mol. The lowest BCUT2D eigenvalue weighted by Gasteiger charge is -2.25. The Morgan fingerprint density at radius 3 is 1.22 bits per heavy atom. The number of hydrogen-bond acceptors (Lipinski definition) is 7. The Balaban J connectivity index is 0.720. The summed E-state index contributed by atoms with van der Waals surface area (Å²) < 4.78 is 10.9. The van der Waals surface area contributed by atoms with E-state index < -0.39 is 12.2 Å². The van der Waals surface area contributed by atoms with Crippen LogP contribution in [0.3, 0.4) is 0 Å². The van der Waals surface area contributed by atoms with Crippen LogP contribution in [0, 0.1) is 13.8 Å². The van der Waals surface area contributed by atoms with Crippen LogP contribution in [0.2, 0.25) is 0 Å². The van der Waals surface area contributed by atoms with Crippen LogP contribution < -0.4 is 26.2 Å². The molecule has 340 valence electrons. The predicted octanol–water partition coefficient (Wildman–Crippen LogP) is 14.1. The highest BCUT2D eigenvalue weighted by atomic mass is 16.6. The van der Waals surface area contributed by atoms with Gasteiger partial charge in [0.1, 0.15) is 13.2 Å². The Hall–Kier alpha value is -6.42. The molecule has 0 aliphatic heterocycles. The number of para-hydroxylation sites is 2. The Kier molecular flexibility index (Phi) is 20.0. The second-order valence-electron chi connectivity index (χ2n) is 16.9. The van der Waals surface area contributed by atoms with Crippen LogP contribution in [-0.2, 0) is 35.8 Å². The highest BCUT2D eigenvalue weighted by Gasteiger charge is 2.13. The lowest BCUT2D eigenvalue weighted by atomic mass is 10.1. The van der Waals surface area contributed by atoms with Gasteiger partial charge in [0, 0.05) is 41.5 Å². The van der Waals surface area contributed by atoms with Crippen LogP contribution in [0.15, 0.2) is 152 Å². The summed E-state index contributed by atoms with van der Waals surface area (Å²) in [7, 11) is 0. The maximum absolute atomic E-state index is 12.6. The van der Waals surface area contributed by atoms with Crippen LogP contribution in [0.4, 0.5) is 38.0 Å². The molecular formula is C56H67N5O4.